The van der Waals surface area contributed by atoms with E-state index in [-0.39, 0.29) is 5.91 Å². The van der Waals surface area contributed by atoms with Gasteiger partial charge in [-0.1, -0.05) is 78.0 Å². The molecule has 0 aliphatic carbocycles. The van der Waals surface area contributed by atoms with E-state index in [2.05, 4.69) is 34.1 Å². The summed E-state index contributed by atoms with van der Waals surface area (Å²) in [5.41, 5.74) is 1.89. The molecule has 0 saturated carbocycles. The summed E-state index contributed by atoms with van der Waals surface area (Å²) in [5, 5.41) is 2.80. The van der Waals surface area contributed by atoms with Crippen LogP contribution in [-0.4, -0.2) is 21.7 Å². The third kappa shape index (κ3) is 4.28. The lowest BCUT2D eigenvalue weighted by Gasteiger charge is -2.13. The topological polar surface area (TPSA) is 29.5 Å². The number of nitrogens with zero attached hydrogens (tertiary/aromatic N) is 1. The molecule has 3 aromatic carbocycles. The lowest BCUT2D eigenvalue weighted by Crippen LogP contribution is -2.27. The molecule has 0 radical (unpaired) electrons. The van der Waals surface area contributed by atoms with E-state index in [0.717, 1.165) is 21.0 Å². The van der Waals surface area contributed by atoms with Crippen LogP contribution in [0.4, 0.5) is 0 Å². The van der Waals surface area contributed by atoms with E-state index >= 15 is 0 Å². The van der Waals surface area contributed by atoms with Gasteiger partial charge in [-0.25, -0.2) is 0 Å². The number of amides is 1. The first-order chi connectivity index (χ1) is 14.5. The molecule has 1 saturated heterocycles. The fraction of sp³-hybridized carbons (Fsp3) is 0.130. The molecule has 1 aliphatic heterocycles. The molecule has 0 spiro atoms. The van der Waals surface area contributed by atoms with Crippen LogP contribution in [0.15, 0.2) is 64.0 Å². The van der Waals surface area contributed by atoms with Gasteiger partial charge in [0.1, 0.15) is 10.9 Å². The number of ether oxygens (including phenoxy) is 1. The number of thiocarbonyl (C=S) groups is 1. The highest BCUT2D eigenvalue weighted by molar-refractivity contribution is 9.10. The number of carbonyl (C=O) groups is 1. The van der Waals surface area contributed by atoms with Gasteiger partial charge in [0.15, 0.2) is 5.75 Å². The maximum atomic E-state index is 12.4. The highest BCUT2D eigenvalue weighted by Gasteiger charge is 2.30. The Morgan fingerprint density at radius 1 is 1.20 bits per heavy atom. The molecule has 7 heteroatoms. The molecule has 152 valence electrons. The highest BCUT2D eigenvalue weighted by atomic mass is 79.9. The normalized spacial score (nSPS) is 15.4. The summed E-state index contributed by atoms with van der Waals surface area (Å²) < 4.78 is 7.37. The van der Waals surface area contributed by atoms with Crippen molar-refractivity contribution in [3.63, 3.8) is 0 Å². The van der Waals surface area contributed by atoms with E-state index in [9.17, 15) is 4.79 Å². The van der Waals surface area contributed by atoms with Crippen molar-refractivity contribution in [1.82, 2.24) is 4.90 Å². The second-order valence-corrected chi connectivity index (χ2v) is 9.60. The van der Waals surface area contributed by atoms with Crippen LogP contribution in [0.5, 0.6) is 5.75 Å². The second kappa shape index (κ2) is 9.10. The molecule has 0 aromatic heterocycles. The number of likely N-dealkylation sites (N-methyl/N-ethyl adjacent to an activating group) is 1. The van der Waals surface area contributed by atoms with Crippen molar-refractivity contribution in [3.05, 3.63) is 80.1 Å². The fourth-order valence-electron chi connectivity index (χ4n) is 3.29. The van der Waals surface area contributed by atoms with E-state index in [1.165, 1.54) is 17.1 Å². The molecule has 30 heavy (non-hydrogen) atoms. The molecule has 0 atom stereocenters. The van der Waals surface area contributed by atoms with Crippen molar-refractivity contribution in [2.24, 2.45) is 0 Å². The first kappa shape index (κ1) is 21.4. The van der Waals surface area contributed by atoms with Gasteiger partial charge in [0, 0.05) is 6.54 Å². The second-order valence-electron chi connectivity index (χ2n) is 6.67. The number of fused-ring (bicyclic) bond motifs is 1. The summed E-state index contributed by atoms with van der Waals surface area (Å²) in [5.74, 6) is 0.499. The maximum absolute atomic E-state index is 12.4. The summed E-state index contributed by atoms with van der Waals surface area (Å²) in [7, 11) is 0. The Bertz CT molecular complexity index is 1170. The van der Waals surface area contributed by atoms with Crippen molar-refractivity contribution in [2.45, 2.75) is 13.5 Å². The fourth-order valence-corrected chi connectivity index (χ4v) is 5.67. The van der Waals surface area contributed by atoms with Gasteiger partial charge in [0.2, 0.25) is 0 Å². The van der Waals surface area contributed by atoms with Crippen molar-refractivity contribution in [3.8, 4) is 5.75 Å². The Labute approximate surface area is 198 Å². The van der Waals surface area contributed by atoms with Gasteiger partial charge in [-0.15, -0.1) is 0 Å². The van der Waals surface area contributed by atoms with Crippen LogP contribution in [0, 0.1) is 0 Å². The Morgan fingerprint density at radius 2 is 1.97 bits per heavy atom. The molecule has 0 unspecified atom stereocenters. The number of halogens is 2. The van der Waals surface area contributed by atoms with Crippen molar-refractivity contribution in [1.29, 1.82) is 0 Å². The zero-order valence-electron chi connectivity index (χ0n) is 16.0. The van der Waals surface area contributed by atoms with E-state index in [0.29, 0.717) is 33.1 Å². The third-order valence-electron chi connectivity index (χ3n) is 4.76. The molecular formula is C23H17BrClNO2S2. The molecule has 1 fully saturated rings. The van der Waals surface area contributed by atoms with Crippen LogP contribution in [0.25, 0.3) is 16.8 Å². The van der Waals surface area contributed by atoms with Gasteiger partial charge in [-0.2, -0.15) is 0 Å². The number of rotatable bonds is 5. The van der Waals surface area contributed by atoms with Crippen LogP contribution in [-0.2, 0) is 11.4 Å². The summed E-state index contributed by atoms with van der Waals surface area (Å²) in [6.45, 7) is 2.87. The minimum absolute atomic E-state index is 0.0731. The molecule has 0 bridgehead atoms. The Morgan fingerprint density at radius 3 is 2.70 bits per heavy atom. The summed E-state index contributed by atoms with van der Waals surface area (Å²) in [4.78, 5) is 14.6. The lowest BCUT2D eigenvalue weighted by molar-refractivity contribution is -0.121. The number of hydrogen-bond donors (Lipinski definition) is 0. The number of carbonyl (C=O) groups excluding carboxylic acids is 1. The largest absolute Gasteiger partial charge is 0.486 e. The molecule has 4 rings (SSSR count). The molecule has 1 amide bonds. The van der Waals surface area contributed by atoms with Crippen LogP contribution < -0.4 is 4.74 Å². The van der Waals surface area contributed by atoms with Gasteiger partial charge >= 0.3 is 0 Å². The zero-order chi connectivity index (χ0) is 21.3. The molecular weight excluding hydrogens is 502 g/mol. The minimum atomic E-state index is -0.0731. The van der Waals surface area contributed by atoms with Gasteiger partial charge in [-0.05, 0) is 63.0 Å². The summed E-state index contributed by atoms with van der Waals surface area (Å²) >= 11 is 16.6. The SMILES string of the molecule is CCN1C(=O)/C(=C/c2cc(Cl)c(OCc3cccc4ccccc34)c(Br)c2)SC1=S. The molecule has 3 aromatic rings. The van der Waals surface area contributed by atoms with E-state index in [1.54, 1.807) is 17.0 Å². The van der Waals surface area contributed by atoms with E-state index < -0.39 is 0 Å². The maximum Gasteiger partial charge on any atom is 0.266 e. The number of hydrogen-bond acceptors (Lipinski definition) is 4. The Kier molecular flexibility index (Phi) is 6.48. The molecule has 0 N–H and O–H groups in total. The monoisotopic (exact) mass is 517 g/mol. The summed E-state index contributed by atoms with van der Waals surface area (Å²) in [6, 6.07) is 18.0. The smallest absolute Gasteiger partial charge is 0.266 e. The predicted octanol–water partition coefficient (Wildman–Crippen LogP) is 7.06. The number of benzene rings is 3. The predicted molar refractivity (Wildman–Crippen MR) is 133 cm³/mol. The van der Waals surface area contributed by atoms with Crippen molar-refractivity contribution < 1.29 is 9.53 Å². The molecule has 3 nitrogen and oxygen atoms in total. The minimum Gasteiger partial charge on any atom is -0.486 e. The number of thioether (sulfide) groups is 1. The molecule has 1 heterocycles. The summed E-state index contributed by atoms with van der Waals surface area (Å²) in [6.07, 6.45) is 1.81. The van der Waals surface area contributed by atoms with E-state index in [4.69, 9.17) is 28.6 Å². The lowest BCUT2D eigenvalue weighted by atomic mass is 10.1. The van der Waals surface area contributed by atoms with Crippen LogP contribution >= 0.6 is 51.5 Å². The van der Waals surface area contributed by atoms with Crippen molar-refractivity contribution >= 4 is 78.6 Å². The van der Waals surface area contributed by atoms with Gasteiger partial charge in [0.05, 0.1) is 14.4 Å². The highest BCUT2D eigenvalue weighted by Crippen LogP contribution is 2.38. The van der Waals surface area contributed by atoms with Crippen LogP contribution in [0.1, 0.15) is 18.1 Å². The van der Waals surface area contributed by atoms with Crippen LogP contribution in [0.2, 0.25) is 5.02 Å². The van der Waals surface area contributed by atoms with Crippen LogP contribution in [0.3, 0.4) is 0 Å². The zero-order valence-corrected chi connectivity index (χ0v) is 20.0. The first-order valence-electron chi connectivity index (χ1n) is 9.31. The Balaban J connectivity index is 1.57. The molecule has 1 aliphatic rings. The average molecular weight is 519 g/mol. The standard InChI is InChI=1S/C23H17BrClNO2S2/c1-2-26-22(27)20(30-23(26)29)12-14-10-18(24)21(19(25)11-14)28-13-16-8-5-7-15-6-3-4-9-17(15)16/h3-12H,2,13H2,1H3/b20-12-. The quantitative estimate of drug-likeness (QED) is 0.267. The van der Waals surface area contributed by atoms with Gasteiger partial charge in [0.25, 0.3) is 5.91 Å². The van der Waals surface area contributed by atoms with Gasteiger partial charge in [-0.3, -0.25) is 9.69 Å². The van der Waals surface area contributed by atoms with E-state index in [1.807, 2.05) is 37.3 Å². The Hall–Kier alpha value is -1.86. The average Bonchev–Trinajstić information content (AvgIpc) is 2.99. The first-order valence-corrected chi connectivity index (χ1v) is 11.7. The third-order valence-corrected chi connectivity index (χ3v) is 7.01. The van der Waals surface area contributed by atoms with Gasteiger partial charge < -0.3 is 4.74 Å². The van der Waals surface area contributed by atoms with Crippen molar-refractivity contribution in [2.75, 3.05) is 6.54 Å².